The van der Waals surface area contributed by atoms with Gasteiger partial charge in [-0.2, -0.15) is 68.8 Å². The van der Waals surface area contributed by atoms with Gasteiger partial charge in [0.1, 0.15) is 25.4 Å². The van der Waals surface area contributed by atoms with Crippen molar-refractivity contribution in [1.82, 2.24) is 0 Å². The summed E-state index contributed by atoms with van der Waals surface area (Å²) in [5.41, 5.74) is 0. The molecule has 1 fully saturated rings. The van der Waals surface area contributed by atoms with Gasteiger partial charge < -0.3 is 23.7 Å². The Hall–Kier alpha value is -1.76. The topological polar surface area (TPSA) is 186 Å². The summed E-state index contributed by atoms with van der Waals surface area (Å²) < 4.78 is 240. The third-order valence-electron chi connectivity index (χ3n) is 3.76. The van der Waals surface area contributed by atoms with Crippen molar-refractivity contribution in [3.8, 4) is 0 Å². The summed E-state index contributed by atoms with van der Waals surface area (Å²) in [5, 5.41) is -9.38. The van der Waals surface area contributed by atoms with Gasteiger partial charge in [0.15, 0.2) is 13.3 Å². The lowest BCUT2D eigenvalue weighted by atomic mass is 10.3. The lowest BCUT2D eigenvalue weighted by Gasteiger charge is -2.12. The van der Waals surface area contributed by atoms with Crippen LogP contribution in [-0.4, -0.2) is 122 Å². The highest BCUT2D eigenvalue weighted by Gasteiger charge is 2.48. The average molecular weight is 777 g/mol. The molecule has 29 heteroatoms. The maximum Gasteiger partial charge on any atom is 0.396 e. The van der Waals surface area contributed by atoms with Crippen molar-refractivity contribution in [1.29, 1.82) is 0 Å². The molecule has 0 aliphatic carbocycles. The monoisotopic (exact) mass is 776 g/mol. The largest absolute Gasteiger partial charge is 0.396 e. The second kappa shape index (κ2) is 21.9. The molecule has 0 spiro atoms. The van der Waals surface area contributed by atoms with Crippen LogP contribution in [0.3, 0.4) is 0 Å². The minimum Gasteiger partial charge on any atom is -0.371 e. The number of halogens is 12. The Bertz CT molecular complexity index is 1150. The first-order valence-electron chi connectivity index (χ1n) is 10.4. The fourth-order valence-electron chi connectivity index (χ4n) is 1.74. The van der Waals surface area contributed by atoms with E-state index < -0.39 is 132 Å². The Morgan fingerprint density at radius 1 is 0.622 bits per heavy atom. The second-order valence-electron chi connectivity index (χ2n) is 7.17. The van der Waals surface area contributed by atoms with E-state index >= 15 is 0 Å². The van der Waals surface area contributed by atoms with Crippen molar-refractivity contribution in [3.63, 3.8) is 0 Å². The lowest BCUT2D eigenvalue weighted by Crippen LogP contribution is -2.32. The van der Waals surface area contributed by atoms with E-state index in [0.29, 0.717) is 0 Å². The highest BCUT2D eigenvalue weighted by molar-refractivity contribution is 7.87. The van der Waals surface area contributed by atoms with Crippen LogP contribution in [0.25, 0.3) is 0 Å². The van der Waals surface area contributed by atoms with Gasteiger partial charge in [0.05, 0.1) is 26.4 Å². The van der Waals surface area contributed by atoms with Gasteiger partial charge in [0, 0.05) is 0 Å². The first-order valence-corrected chi connectivity index (χ1v) is 14.5. The van der Waals surface area contributed by atoms with Crippen molar-refractivity contribution >= 4 is 43.6 Å². The molecular formula is C16H20F12O13S4. The Morgan fingerprint density at radius 3 is 1.38 bits per heavy atom. The maximum atomic E-state index is 12.6. The molecule has 13 nitrogen and oxygen atoms in total. The standard InChI is InChI=1S/C8H10F6O5S.C8H10F6O4S.2O2S/c9-3-7(10,11)18-2-6-5(19-6)1-17-4-8(12,13)20(14,15)16;9-5-7(10,11)18-4-2-1-3-17-6-8(12,13)19(14,15)16;2*1-3-2/h5-6H,1-4H2;1-2H,3-6H2;;/b;2-1+;;. The van der Waals surface area contributed by atoms with Gasteiger partial charge >= 0.3 is 66.3 Å². The molecule has 1 rings (SSSR count). The summed E-state index contributed by atoms with van der Waals surface area (Å²) in [5.74, 6) is 0. The molecule has 2 unspecified atom stereocenters. The Morgan fingerprint density at radius 2 is 0.978 bits per heavy atom. The van der Waals surface area contributed by atoms with E-state index in [9.17, 15) is 68.5 Å². The van der Waals surface area contributed by atoms with Crippen LogP contribution >= 0.6 is 0 Å². The molecule has 0 saturated carbocycles. The SMILES string of the molecule is O=S(=O)(F)C(F)(F)COC/C=C/COC(F)(F)CF.O=S(=O)(F)C(F)(F)COCC1OC1COC(F)(F)CF.O=S=O.O=S=O. The van der Waals surface area contributed by atoms with Crippen LogP contribution in [-0.2, 0) is 67.3 Å². The van der Waals surface area contributed by atoms with Crippen molar-refractivity contribution < 1.29 is 109 Å². The molecule has 1 heterocycles. The molecule has 0 amide bonds. The van der Waals surface area contributed by atoms with Crippen molar-refractivity contribution in [2.24, 2.45) is 0 Å². The Balaban J connectivity index is -0.000000667. The summed E-state index contributed by atoms with van der Waals surface area (Å²) in [6, 6.07) is 0. The smallest absolute Gasteiger partial charge is 0.371 e. The van der Waals surface area contributed by atoms with E-state index in [1.54, 1.807) is 0 Å². The molecule has 1 aliphatic rings. The van der Waals surface area contributed by atoms with Crippen LogP contribution in [0.1, 0.15) is 0 Å². The van der Waals surface area contributed by atoms with Gasteiger partial charge in [-0.1, -0.05) is 19.9 Å². The normalized spacial score (nSPS) is 17.2. The lowest BCUT2D eigenvalue weighted by molar-refractivity contribution is -0.247. The molecule has 0 aromatic carbocycles. The molecule has 45 heavy (non-hydrogen) atoms. The van der Waals surface area contributed by atoms with E-state index in [1.807, 2.05) is 0 Å². The zero-order valence-corrected chi connectivity index (χ0v) is 24.7. The van der Waals surface area contributed by atoms with Crippen LogP contribution in [0.5, 0.6) is 0 Å². The minimum atomic E-state index is -6.09. The minimum absolute atomic E-state index is 0.569. The van der Waals surface area contributed by atoms with Crippen LogP contribution in [0.2, 0.25) is 0 Å². The first kappa shape index (κ1) is 47.6. The summed E-state index contributed by atoms with van der Waals surface area (Å²) in [7, 11) is -12.2. The van der Waals surface area contributed by atoms with E-state index in [2.05, 4.69) is 23.7 Å². The first-order chi connectivity index (χ1) is 20.3. The third-order valence-corrected chi connectivity index (χ3v) is 5.43. The highest BCUT2D eigenvalue weighted by Crippen LogP contribution is 2.28. The quantitative estimate of drug-likeness (QED) is 0.0647. The number of epoxide rings is 1. The fourth-order valence-corrected chi connectivity index (χ4v) is 2.19. The van der Waals surface area contributed by atoms with E-state index in [1.165, 1.54) is 0 Å². The molecule has 0 bridgehead atoms. The van der Waals surface area contributed by atoms with Crippen LogP contribution in [0.15, 0.2) is 12.2 Å². The van der Waals surface area contributed by atoms with Gasteiger partial charge in [-0.05, 0) is 0 Å². The van der Waals surface area contributed by atoms with Gasteiger partial charge in [-0.15, -0.1) is 0 Å². The Kier molecular flexibility index (Phi) is 23.2. The van der Waals surface area contributed by atoms with Crippen LogP contribution < -0.4 is 0 Å². The van der Waals surface area contributed by atoms with Crippen LogP contribution in [0, 0.1) is 0 Å². The summed E-state index contributed by atoms with van der Waals surface area (Å²) in [6.07, 6.45) is -7.86. The summed E-state index contributed by atoms with van der Waals surface area (Å²) >= 11 is -1.50. The maximum absolute atomic E-state index is 12.6. The number of rotatable bonds is 18. The number of hydrogen-bond donors (Lipinski definition) is 0. The van der Waals surface area contributed by atoms with Gasteiger partial charge in [0.25, 0.3) is 0 Å². The molecule has 0 aromatic rings. The molecule has 0 aromatic heterocycles. The van der Waals surface area contributed by atoms with Crippen LogP contribution in [0.4, 0.5) is 51.7 Å². The van der Waals surface area contributed by atoms with E-state index in [4.69, 9.17) is 16.8 Å². The number of alkyl halides is 10. The summed E-state index contributed by atoms with van der Waals surface area (Å²) in [4.78, 5) is 0. The van der Waals surface area contributed by atoms with Crippen molar-refractivity contribution in [2.75, 3.05) is 53.0 Å². The van der Waals surface area contributed by atoms with Gasteiger partial charge in [-0.3, -0.25) is 0 Å². The molecular weight excluding hydrogens is 756 g/mol. The molecule has 0 N–H and O–H groups in total. The number of ether oxygens (including phenoxy) is 5. The molecule has 1 aliphatic heterocycles. The second-order valence-corrected chi connectivity index (χ2v) is 10.4. The molecule has 270 valence electrons. The molecule has 0 radical (unpaired) electrons. The third kappa shape index (κ3) is 24.1. The fraction of sp³-hybridized carbons (Fsp3) is 0.875. The predicted molar refractivity (Wildman–Crippen MR) is 121 cm³/mol. The van der Waals surface area contributed by atoms with Gasteiger partial charge in [0.2, 0.25) is 0 Å². The zero-order chi connectivity index (χ0) is 36.2. The average Bonchev–Trinajstić information content (AvgIpc) is 3.65. The van der Waals surface area contributed by atoms with E-state index in [0.717, 1.165) is 12.2 Å². The molecule has 2 atom stereocenters. The Labute approximate surface area is 252 Å². The molecule has 1 saturated heterocycles. The van der Waals surface area contributed by atoms with E-state index in [-0.39, 0.29) is 0 Å². The zero-order valence-electron chi connectivity index (χ0n) is 21.4. The predicted octanol–water partition coefficient (Wildman–Crippen LogP) is 1.93. The van der Waals surface area contributed by atoms with Crippen molar-refractivity contribution in [2.45, 2.75) is 34.9 Å². The van der Waals surface area contributed by atoms with Crippen molar-refractivity contribution in [3.05, 3.63) is 12.2 Å². The number of hydrogen-bond acceptors (Lipinski definition) is 13. The summed E-state index contributed by atoms with van der Waals surface area (Å²) in [6.45, 7) is -10.1. The highest BCUT2D eigenvalue weighted by atomic mass is 32.3. The van der Waals surface area contributed by atoms with Gasteiger partial charge in [-0.25, -0.2) is 8.78 Å².